The fraction of sp³-hybridized carbons (Fsp3) is 0.696. The summed E-state index contributed by atoms with van der Waals surface area (Å²) >= 11 is 0. The van der Waals surface area contributed by atoms with Gasteiger partial charge in [0.15, 0.2) is 0 Å². The highest BCUT2D eigenvalue weighted by Gasteiger charge is 2.22. The highest BCUT2D eigenvalue weighted by molar-refractivity contribution is 5.74. The molecule has 0 aliphatic carbocycles. The molecule has 0 spiro atoms. The van der Waals surface area contributed by atoms with Crippen molar-refractivity contribution in [2.45, 2.75) is 39.7 Å². The molecule has 5 nitrogen and oxygen atoms in total. The van der Waals surface area contributed by atoms with E-state index in [-0.39, 0.29) is 6.03 Å². The maximum absolute atomic E-state index is 12.4. The van der Waals surface area contributed by atoms with Gasteiger partial charge in [-0.3, -0.25) is 4.90 Å². The Morgan fingerprint density at radius 2 is 1.64 bits per heavy atom. The van der Waals surface area contributed by atoms with Gasteiger partial charge in [-0.15, -0.1) is 0 Å². The molecule has 156 valence electrons. The molecule has 1 N–H and O–H groups in total. The molecule has 0 bridgehead atoms. The van der Waals surface area contributed by atoms with E-state index < -0.39 is 0 Å². The summed E-state index contributed by atoms with van der Waals surface area (Å²) in [4.78, 5) is 19.4. The van der Waals surface area contributed by atoms with Crippen molar-refractivity contribution in [1.82, 2.24) is 20.0 Å². The Morgan fingerprint density at radius 3 is 2.32 bits per heavy atom. The minimum Gasteiger partial charge on any atom is -0.338 e. The molecule has 1 aromatic carbocycles. The fourth-order valence-electron chi connectivity index (χ4n) is 4.69. The molecule has 2 unspecified atom stereocenters. The number of hydrogen-bond acceptors (Lipinski definition) is 3. The summed E-state index contributed by atoms with van der Waals surface area (Å²) < 4.78 is 0. The molecule has 0 radical (unpaired) electrons. The minimum atomic E-state index is 0.111. The number of nitrogens with zero attached hydrogens (tertiary/aromatic N) is 3. The molecule has 2 aliphatic rings. The molecule has 5 heteroatoms. The van der Waals surface area contributed by atoms with Gasteiger partial charge >= 0.3 is 6.03 Å². The third-order valence-electron chi connectivity index (χ3n) is 6.03. The van der Waals surface area contributed by atoms with Crippen molar-refractivity contribution in [3.63, 3.8) is 0 Å². The van der Waals surface area contributed by atoms with Crippen LogP contribution in [0.5, 0.6) is 0 Å². The molecule has 1 aromatic rings. The number of carbonyl (C=O) groups is 1. The number of piperidine rings is 1. The van der Waals surface area contributed by atoms with Crippen LogP contribution in [0.2, 0.25) is 0 Å². The van der Waals surface area contributed by atoms with E-state index in [1.807, 2.05) is 4.90 Å². The van der Waals surface area contributed by atoms with Crippen LogP contribution in [0.3, 0.4) is 0 Å². The molecule has 2 fully saturated rings. The van der Waals surface area contributed by atoms with Crippen molar-refractivity contribution >= 4 is 6.03 Å². The summed E-state index contributed by atoms with van der Waals surface area (Å²) in [6.45, 7) is 13.7. The van der Waals surface area contributed by atoms with Crippen LogP contribution in [0.1, 0.15) is 38.7 Å². The van der Waals surface area contributed by atoms with Crippen molar-refractivity contribution in [2.75, 3.05) is 52.4 Å². The maximum Gasteiger partial charge on any atom is 0.317 e. The molecule has 2 amide bonds. The molecule has 2 atom stereocenters. The van der Waals surface area contributed by atoms with Crippen LogP contribution in [0.25, 0.3) is 0 Å². The Bertz CT molecular complexity index is 576. The predicted molar refractivity (Wildman–Crippen MR) is 115 cm³/mol. The summed E-state index contributed by atoms with van der Waals surface area (Å²) in [7, 11) is 0. The first kappa shape index (κ1) is 21.1. The standard InChI is InChI=1S/C23H38N4O/c1-20-16-21(2)18-26(17-20)11-7-6-10-24-23(28)27-14-12-25(13-15-27)19-22-8-4-3-5-9-22/h3-5,8-9,20-21H,6-7,10-19H2,1-2H3,(H,24,28). The molecule has 2 heterocycles. The number of carbonyl (C=O) groups excluding carboxylic acids is 1. The second-order valence-corrected chi connectivity index (χ2v) is 8.89. The molecule has 2 saturated heterocycles. The number of hydrogen-bond donors (Lipinski definition) is 1. The Balaban J connectivity index is 1.26. The van der Waals surface area contributed by atoms with Crippen LogP contribution >= 0.6 is 0 Å². The van der Waals surface area contributed by atoms with Gasteiger partial charge < -0.3 is 15.1 Å². The third kappa shape index (κ3) is 6.78. The zero-order chi connectivity index (χ0) is 19.8. The van der Waals surface area contributed by atoms with Gasteiger partial charge in [0.25, 0.3) is 0 Å². The lowest BCUT2D eigenvalue weighted by Crippen LogP contribution is -2.51. The van der Waals surface area contributed by atoms with E-state index >= 15 is 0 Å². The van der Waals surface area contributed by atoms with Crippen LogP contribution in [0.4, 0.5) is 4.79 Å². The first-order valence-electron chi connectivity index (χ1n) is 11.1. The lowest BCUT2D eigenvalue weighted by atomic mass is 9.92. The second-order valence-electron chi connectivity index (χ2n) is 8.89. The fourth-order valence-corrected chi connectivity index (χ4v) is 4.69. The number of rotatable bonds is 7. The number of likely N-dealkylation sites (tertiary alicyclic amines) is 1. The summed E-state index contributed by atoms with van der Waals surface area (Å²) in [6.07, 6.45) is 3.61. The lowest BCUT2D eigenvalue weighted by molar-refractivity contribution is 0.133. The van der Waals surface area contributed by atoms with Crippen molar-refractivity contribution in [3.05, 3.63) is 35.9 Å². The number of piperazine rings is 1. The molecule has 0 aromatic heterocycles. The summed E-state index contributed by atoms with van der Waals surface area (Å²) in [5, 5.41) is 3.12. The zero-order valence-electron chi connectivity index (χ0n) is 17.8. The zero-order valence-corrected chi connectivity index (χ0v) is 17.8. The average molecular weight is 387 g/mol. The Labute approximate surface area is 171 Å². The van der Waals surface area contributed by atoms with Gasteiger partial charge in [-0.2, -0.15) is 0 Å². The van der Waals surface area contributed by atoms with Crippen LogP contribution in [0.15, 0.2) is 30.3 Å². The van der Waals surface area contributed by atoms with Crippen LogP contribution in [-0.2, 0) is 6.54 Å². The molecular weight excluding hydrogens is 348 g/mol. The maximum atomic E-state index is 12.4. The van der Waals surface area contributed by atoms with E-state index in [1.165, 1.54) is 38.0 Å². The Morgan fingerprint density at radius 1 is 0.964 bits per heavy atom. The summed E-state index contributed by atoms with van der Waals surface area (Å²) in [6, 6.07) is 10.7. The number of benzene rings is 1. The number of unbranched alkanes of at least 4 members (excludes halogenated alkanes) is 1. The summed E-state index contributed by atoms with van der Waals surface area (Å²) in [5.74, 6) is 1.65. The lowest BCUT2D eigenvalue weighted by Gasteiger charge is -2.35. The monoisotopic (exact) mass is 386 g/mol. The van der Waals surface area contributed by atoms with Crippen LogP contribution < -0.4 is 5.32 Å². The smallest absolute Gasteiger partial charge is 0.317 e. The number of nitrogens with one attached hydrogen (secondary N) is 1. The topological polar surface area (TPSA) is 38.8 Å². The molecular formula is C23H38N4O. The molecule has 3 rings (SSSR count). The predicted octanol–water partition coefficient (Wildman–Crippen LogP) is 3.27. The Hall–Kier alpha value is -1.59. The van der Waals surface area contributed by atoms with Crippen molar-refractivity contribution in [1.29, 1.82) is 0 Å². The minimum absolute atomic E-state index is 0.111. The summed E-state index contributed by atoms with van der Waals surface area (Å²) in [5.41, 5.74) is 1.35. The van der Waals surface area contributed by atoms with Gasteiger partial charge in [-0.05, 0) is 43.2 Å². The average Bonchev–Trinajstić information content (AvgIpc) is 2.68. The van der Waals surface area contributed by atoms with Gasteiger partial charge in [-0.25, -0.2) is 4.79 Å². The number of urea groups is 1. The molecule has 28 heavy (non-hydrogen) atoms. The highest BCUT2D eigenvalue weighted by atomic mass is 16.2. The van der Waals surface area contributed by atoms with E-state index in [1.54, 1.807) is 0 Å². The van der Waals surface area contributed by atoms with Gasteiger partial charge in [-0.1, -0.05) is 44.2 Å². The first-order valence-corrected chi connectivity index (χ1v) is 11.1. The van der Waals surface area contributed by atoms with E-state index in [2.05, 4.69) is 59.3 Å². The van der Waals surface area contributed by atoms with Crippen molar-refractivity contribution < 1.29 is 4.79 Å². The number of amides is 2. The Kier molecular flexibility index (Phi) is 8.16. The van der Waals surface area contributed by atoms with Gasteiger partial charge in [0.05, 0.1) is 0 Å². The highest BCUT2D eigenvalue weighted by Crippen LogP contribution is 2.21. The van der Waals surface area contributed by atoms with E-state index in [4.69, 9.17) is 0 Å². The third-order valence-corrected chi connectivity index (χ3v) is 6.03. The quantitative estimate of drug-likeness (QED) is 0.731. The van der Waals surface area contributed by atoms with Gasteiger partial charge in [0, 0.05) is 52.4 Å². The first-order chi connectivity index (χ1) is 13.6. The van der Waals surface area contributed by atoms with E-state index in [0.29, 0.717) is 0 Å². The second kappa shape index (κ2) is 10.8. The van der Waals surface area contributed by atoms with E-state index in [0.717, 1.165) is 57.5 Å². The van der Waals surface area contributed by atoms with Crippen molar-refractivity contribution in [2.24, 2.45) is 11.8 Å². The van der Waals surface area contributed by atoms with Gasteiger partial charge in [0.2, 0.25) is 0 Å². The molecule has 0 saturated carbocycles. The SMILES string of the molecule is CC1CC(C)CN(CCCCNC(=O)N2CCN(Cc3ccccc3)CC2)C1. The molecule has 2 aliphatic heterocycles. The van der Waals surface area contributed by atoms with Crippen LogP contribution in [-0.4, -0.2) is 73.1 Å². The largest absolute Gasteiger partial charge is 0.338 e. The van der Waals surface area contributed by atoms with E-state index in [9.17, 15) is 4.79 Å². The van der Waals surface area contributed by atoms with Crippen molar-refractivity contribution in [3.8, 4) is 0 Å². The normalized spacial score (nSPS) is 24.3. The van der Waals surface area contributed by atoms with Gasteiger partial charge in [0.1, 0.15) is 0 Å². The van der Waals surface area contributed by atoms with Crippen LogP contribution in [0, 0.1) is 11.8 Å².